The van der Waals surface area contributed by atoms with E-state index in [2.05, 4.69) is 0 Å². The number of halogens is 2. The van der Waals surface area contributed by atoms with Crippen molar-refractivity contribution in [3.05, 3.63) is 58.9 Å². The molecule has 134 valence electrons. The summed E-state index contributed by atoms with van der Waals surface area (Å²) in [5.41, 5.74) is 0.984. The second kappa shape index (κ2) is 8.07. The lowest BCUT2D eigenvalue weighted by atomic mass is 10.2. The van der Waals surface area contributed by atoms with Crippen molar-refractivity contribution in [2.24, 2.45) is 0 Å². The molecular weight excluding hydrogens is 357 g/mol. The molecule has 1 amide bonds. The molecule has 0 N–H and O–H groups in total. The fraction of sp³-hybridized carbons (Fsp3) is 0.263. The first kappa shape index (κ1) is 18.0. The van der Waals surface area contributed by atoms with Gasteiger partial charge in [-0.3, -0.25) is 4.79 Å². The maximum Gasteiger partial charge on any atom is 0.260 e. The van der Waals surface area contributed by atoms with Gasteiger partial charge in [-0.15, -0.1) is 0 Å². The van der Waals surface area contributed by atoms with Gasteiger partial charge in [0, 0.05) is 26.2 Å². The molecule has 0 atom stereocenters. The summed E-state index contributed by atoms with van der Waals surface area (Å²) < 4.78 is 19.3. The third kappa shape index (κ3) is 4.06. The molecule has 1 saturated heterocycles. The third-order valence-corrected chi connectivity index (χ3v) is 4.53. The Morgan fingerprint density at radius 1 is 1.19 bits per heavy atom. The smallest absolute Gasteiger partial charge is 0.260 e. The Morgan fingerprint density at radius 3 is 2.58 bits per heavy atom. The fourth-order valence-electron chi connectivity index (χ4n) is 2.82. The quantitative estimate of drug-likeness (QED) is 0.826. The largest absolute Gasteiger partial charge is 0.482 e. The summed E-state index contributed by atoms with van der Waals surface area (Å²) in [6.45, 7) is 1.98. The van der Waals surface area contributed by atoms with E-state index in [9.17, 15) is 9.18 Å². The molecule has 26 heavy (non-hydrogen) atoms. The average Bonchev–Trinajstić information content (AvgIpc) is 2.67. The topological polar surface area (TPSA) is 56.6 Å². The Balaban J connectivity index is 1.53. The number of para-hydroxylation sites is 1. The van der Waals surface area contributed by atoms with Gasteiger partial charge in [-0.1, -0.05) is 23.7 Å². The number of nitriles is 1. The number of ether oxygens (including phenoxy) is 1. The predicted molar refractivity (Wildman–Crippen MR) is 96.9 cm³/mol. The van der Waals surface area contributed by atoms with Gasteiger partial charge in [0.1, 0.15) is 11.6 Å². The number of hydrogen-bond acceptors (Lipinski definition) is 4. The number of hydrogen-bond donors (Lipinski definition) is 0. The van der Waals surface area contributed by atoms with Gasteiger partial charge in [0.2, 0.25) is 0 Å². The van der Waals surface area contributed by atoms with Crippen molar-refractivity contribution >= 4 is 23.2 Å². The van der Waals surface area contributed by atoms with Gasteiger partial charge in [0.15, 0.2) is 6.61 Å². The van der Waals surface area contributed by atoms with Crippen LogP contribution in [0.2, 0.25) is 5.02 Å². The fourth-order valence-corrected chi connectivity index (χ4v) is 3.06. The van der Waals surface area contributed by atoms with Gasteiger partial charge in [0.25, 0.3) is 5.91 Å². The first-order chi connectivity index (χ1) is 12.6. The van der Waals surface area contributed by atoms with Gasteiger partial charge < -0.3 is 14.5 Å². The van der Waals surface area contributed by atoms with Gasteiger partial charge in [-0.2, -0.15) is 5.26 Å². The molecule has 0 unspecified atom stereocenters. The van der Waals surface area contributed by atoms with Crippen molar-refractivity contribution in [2.75, 3.05) is 37.7 Å². The number of carbonyl (C=O) groups is 1. The van der Waals surface area contributed by atoms with E-state index >= 15 is 0 Å². The molecule has 0 aliphatic carbocycles. The van der Waals surface area contributed by atoms with Crippen LogP contribution >= 0.6 is 11.6 Å². The zero-order valence-electron chi connectivity index (χ0n) is 14.0. The zero-order valence-corrected chi connectivity index (χ0v) is 14.7. The second-order valence-corrected chi connectivity index (χ2v) is 6.27. The van der Waals surface area contributed by atoms with Crippen LogP contribution in [-0.4, -0.2) is 43.6 Å². The molecule has 3 rings (SSSR count). The third-order valence-electron chi connectivity index (χ3n) is 4.24. The standard InChI is InChI=1S/C19H17ClFN3O2/c20-15-11-14(12-22)5-6-18(15)26-13-19(25)24-9-7-23(8-10-24)17-4-2-1-3-16(17)21/h1-6,11H,7-10,13H2. The maximum atomic E-state index is 13.9. The van der Waals surface area contributed by atoms with E-state index in [-0.39, 0.29) is 18.3 Å². The Bertz CT molecular complexity index is 845. The van der Waals surface area contributed by atoms with E-state index in [1.54, 1.807) is 35.2 Å². The number of nitrogens with zero attached hydrogens (tertiary/aromatic N) is 3. The molecule has 0 radical (unpaired) electrons. The summed E-state index contributed by atoms with van der Waals surface area (Å²) in [6, 6.07) is 13.3. The van der Waals surface area contributed by atoms with Crippen LogP contribution in [0.3, 0.4) is 0 Å². The van der Waals surface area contributed by atoms with Gasteiger partial charge >= 0.3 is 0 Å². The highest BCUT2D eigenvalue weighted by Crippen LogP contribution is 2.25. The highest BCUT2D eigenvalue weighted by molar-refractivity contribution is 6.32. The van der Waals surface area contributed by atoms with Crippen LogP contribution in [-0.2, 0) is 4.79 Å². The molecule has 0 saturated carbocycles. The molecule has 0 bridgehead atoms. The Labute approximate surface area is 156 Å². The van der Waals surface area contributed by atoms with E-state index in [0.717, 1.165) is 0 Å². The number of rotatable bonds is 4. The lowest BCUT2D eigenvalue weighted by molar-refractivity contribution is -0.133. The molecule has 1 aliphatic rings. The van der Waals surface area contributed by atoms with Crippen LogP contribution in [0.4, 0.5) is 10.1 Å². The van der Waals surface area contributed by atoms with Crippen molar-refractivity contribution in [3.8, 4) is 11.8 Å². The minimum absolute atomic E-state index is 0.134. The summed E-state index contributed by atoms with van der Waals surface area (Å²) in [4.78, 5) is 15.9. The predicted octanol–water partition coefficient (Wildman–Crippen LogP) is 3.08. The van der Waals surface area contributed by atoms with E-state index < -0.39 is 0 Å². The van der Waals surface area contributed by atoms with E-state index in [4.69, 9.17) is 21.6 Å². The lowest BCUT2D eigenvalue weighted by Gasteiger charge is -2.36. The summed E-state index contributed by atoms with van der Waals surface area (Å²) in [5.74, 6) is -0.0475. The summed E-state index contributed by atoms with van der Waals surface area (Å²) in [7, 11) is 0. The molecular formula is C19H17ClFN3O2. The number of carbonyl (C=O) groups excluding carboxylic acids is 1. The molecule has 1 heterocycles. The van der Waals surface area contributed by atoms with Crippen molar-refractivity contribution < 1.29 is 13.9 Å². The molecule has 2 aromatic rings. The van der Waals surface area contributed by atoms with Gasteiger partial charge in [-0.25, -0.2) is 4.39 Å². The van der Waals surface area contributed by atoms with Gasteiger partial charge in [0.05, 0.1) is 22.3 Å². The Kier molecular flexibility index (Phi) is 5.59. The summed E-state index contributed by atoms with van der Waals surface area (Å²) in [6.07, 6.45) is 0. The summed E-state index contributed by atoms with van der Waals surface area (Å²) >= 11 is 6.04. The number of benzene rings is 2. The molecule has 5 nitrogen and oxygen atoms in total. The zero-order chi connectivity index (χ0) is 18.5. The average molecular weight is 374 g/mol. The molecule has 2 aromatic carbocycles. The number of amides is 1. The number of piperazine rings is 1. The Morgan fingerprint density at radius 2 is 1.92 bits per heavy atom. The van der Waals surface area contributed by atoms with Crippen LogP contribution in [0.5, 0.6) is 5.75 Å². The van der Waals surface area contributed by atoms with Crippen LogP contribution in [0.1, 0.15) is 5.56 Å². The number of anilines is 1. The van der Waals surface area contributed by atoms with Crippen LogP contribution in [0, 0.1) is 17.1 Å². The molecule has 1 aliphatic heterocycles. The van der Waals surface area contributed by atoms with Crippen molar-refractivity contribution in [2.45, 2.75) is 0 Å². The molecule has 1 fully saturated rings. The molecule has 7 heteroatoms. The second-order valence-electron chi connectivity index (χ2n) is 5.86. The monoisotopic (exact) mass is 373 g/mol. The van der Waals surface area contributed by atoms with Crippen molar-refractivity contribution in [1.82, 2.24) is 4.90 Å². The van der Waals surface area contributed by atoms with E-state index in [1.807, 2.05) is 11.0 Å². The van der Waals surface area contributed by atoms with Crippen LogP contribution in [0.15, 0.2) is 42.5 Å². The Hall–Kier alpha value is -2.78. The van der Waals surface area contributed by atoms with E-state index in [1.165, 1.54) is 12.1 Å². The molecule has 0 spiro atoms. The van der Waals surface area contributed by atoms with Crippen molar-refractivity contribution in [3.63, 3.8) is 0 Å². The van der Waals surface area contributed by atoms with Gasteiger partial charge in [-0.05, 0) is 30.3 Å². The first-order valence-corrected chi connectivity index (χ1v) is 8.56. The van der Waals surface area contributed by atoms with Crippen LogP contribution < -0.4 is 9.64 Å². The minimum atomic E-state index is -0.258. The first-order valence-electron chi connectivity index (χ1n) is 8.18. The van der Waals surface area contributed by atoms with Crippen molar-refractivity contribution in [1.29, 1.82) is 5.26 Å². The molecule has 0 aromatic heterocycles. The highest BCUT2D eigenvalue weighted by Gasteiger charge is 2.23. The lowest BCUT2D eigenvalue weighted by Crippen LogP contribution is -2.50. The SMILES string of the molecule is N#Cc1ccc(OCC(=O)N2CCN(c3ccccc3F)CC2)c(Cl)c1. The van der Waals surface area contributed by atoms with Crippen LogP contribution in [0.25, 0.3) is 0 Å². The maximum absolute atomic E-state index is 13.9. The minimum Gasteiger partial charge on any atom is -0.482 e. The summed E-state index contributed by atoms with van der Waals surface area (Å²) in [5, 5.41) is 9.12. The highest BCUT2D eigenvalue weighted by atomic mass is 35.5. The normalized spacial score (nSPS) is 14.0. The van der Waals surface area contributed by atoms with E-state index in [0.29, 0.717) is 48.2 Å².